The molecule has 1 N–H and O–H groups in total. The van der Waals surface area contributed by atoms with Gasteiger partial charge in [0.25, 0.3) is 0 Å². The van der Waals surface area contributed by atoms with Crippen LogP contribution in [0.2, 0.25) is 0 Å². The zero-order valence-corrected chi connectivity index (χ0v) is 11.0. The first-order valence-electron chi connectivity index (χ1n) is 6.96. The van der Waals surface area contributed by atoms with E-state index in [2.05, 4.69) is 20.9 Å². The number of fused-ring (bicyclic) bond motifs is 3. The van der Waals surface area contributed by atoms with Gasteiger partial charge in [-0.1, -0.05) is 0 Å². The minimum atomic E-state index is -0.137. The van der Waals surface area contributed by atoms with Gasteiger partial charge in [-0.05, 0) is 31.7 Å². The van der Waals surface area contributed by atoms with E-state index in [0.29, 0.717) is 12.1 Å². The van der Waals surface area contributed by atoms with Gasteiger partial charge >= 0.3 is 0 Å². The SMILES string of the molecule is Cn1ccc2c(N3C4CCC3CC(O)C4)ncnc21. The Morgan fingerprint density at radius 3 is 2.68 bits per heavy atom. The molecule has 2 aliphatic rings. The number of anilines is 1. The van der Waals surface area contributed by atoms with Gasteiger partial charge in [0.05, 0.1) is 11.5 Å². The average molecular weight is 258 g/mol. The van der Waals surface area contributed by atoms with Crippen LogP contribution in [0.25, 0.3) is 11.0 Å². The van der Waals surface area contributed by atoms with E-state index in [1.807, 2.05) is 17.8 Å². The van der Waals surface area contributed by atoms with Crippen LogP contribution in [0.1, 0.15) is 25.7 Å². The summed E-state index contributed by atoms with van der Waals surface area (Å²) in [5.41, 5.74) is 0.982. The monoisotopic (exact) mass is 258 g/mol. The number of nitrogens with zero attached hydrogens (tertiary/aromatic N) is 4. The maximum Gasteiger partial charge on any atom is 0.145 e. The molecule has 0 aromatic carbocycles. The summed E-state index contributed by atoms with van der Waals surface area (Å²) in [6.07, 6.45) is 7.62. The number of aromatic nitrogens is 3. The van der Waals surface area contributed by atoms with Gasteiger partial charge in [-0.25, -0.2) is 9.97 Å². The molecule has 2 unspecified atom stereocenters. The van der Waals surface area contributed by atoms with Crippen LogP contribution in [0.5, 0.6) is 0 Å². The molecule has 100 valence electrons. The van der Waals surface area contributed by atoms with E-state index in [9.17, 15) is 5.11 Å². The van der Waals surface area contributed by atoms with Crippen LogP contribution in [0, 0.1) is 0 Å². The van der Waals surface area contributed by atoms with Gasteiger partial charge in [-0.15, -0.1) is 0 Å². The lowest BCUT2D eigenvalue weighted by Gasteiger charge is -2.38. The molecule has 2 aromatic heterocycles. The highest BCUT2D eigenvalue weighted by Gasteiger charge is 2.41. The maximum absolute atomic E-state index is 9.91. The Labute approximate surface area is 111 Å². The molecule has 2 bridgehead atoms. The van der Waals surface area contributed by atoms with Crippen LogP contribution in [0.4, 0.5) is 5.82 Å². The third kappa shape index (κ3) is 1.57. The molecule has 0 saturated carbocycles. The van der Waals surface area contributed by atoms with Crippen molar-refractivity contribution in [2.45, 2.75) is 43.9 Å². The molecule has 4 heterocycles. The summed E-state index contributed by atoms with van der Waals surface area (Å²) < 4.78 is 2.03. The molecule has 5 heteroatoms. The largest absolute Gasteiger partial charge is 0.393 e. The minimum Gasteiger partial charge on any atom is -0.393 e. The quantitative estimate of drug-likeness (QED) is 0.841. The van der Waals surface area contributed by atoms with Crippen LogP contribution in [-0.4, -0.2) is 37.8 Å². The number of aryl methyl sites for hydroxylation is 1. The van der Waals surface area contributed by atoms with Gasteiger partial charge in [0.15, 0.2) is 0 Å². The van der Waals surface area contributed by atoms with E-state index in [4.69, 9.17) is 0 Å². The molecule has 2 saturated heterocycles. The maximum atomic E-state index is 9.91. The molecule has 0 spiro atoms. The number of aliphatic hydroxyl groups is 1. The molecule has 2 fully saturated rings. The van der Waals surface area contributed by atoms with Gasteiger partial charge in [0, 0.05) is 25.3 Å². The van der Waals surface area contributed by atoms with Gasteiger partial charge < -0.3 is 14.6 Å². The average Bonchev–Trinajstić information content (AvgIpc) is 2.89. The van der Waals surface area contributed by atoms with Crippen molar-refractivity contribution in [3.05, 3.63) is 18.6 Å². The Kier molecular flexibility index (Phi) is 2.33. The Balaban J connectivity index is 1.83. The van der Waals surface area contributed by atoms with Crippen molar-refractivity contribution in [3.63, 3.8) is 0 Å². The smallest absolute Gasteiger partial charge is 0.145 e. The van der Waals surface area contributed by atoms with Crippen molar-refractivity contribution in [1.29, 1.82) is 0 Å². The third-order valence-electron chi connectivity index (χ3n) is 4.59. The molecular formula is C14H18N4O. The normalized spacial score (nSPS) is 30.2. The summed E-state index contributed by atoms with van der Waals surface area (Å²) in [6.45, 7) is 0. The predicted molar refractivity (Wildman–Crippen MR) is 73.0 cm³/mol. The molecule has 0 amide bonds. The molecule has 2 aromatic rings. The molecule has 2 aliphatic heterocycles. The first kappa shape index (κ1) is 11.2. The van der Waals surface area contributed by atoms with Crippen LogP contribution >= 0.6 is 0 Å². The Morgan fingerprint density at radius 1 is 1.21 bits per heavy atom. The fourth-order valence-corrected chi connectivity index (χ4v) is 3.76. The number of hydrogen-bond donors (Lipinski definition) is 1. The first-order chi connectivity index (χ1) is 9.24. The highest BCUT2D eigenvalue weighted by Crippen LogP contribution is 2.40. The fourth-order valence-electron chi connectivity index (χ4n) is 3.76. The van der Waals surface area contributed by atoms with E-state index in [1.165, 1.54) is 12.8 Å². The van der Waals surface area contributed by atoms with Crippen molar-refractivity contribution in [2.75, 3.05) is 4.90 Å². The van der Waals surface area contributed by atoms with Crippen LogP contribution in [-0.2, 0) is 7.05 Å². The molecular weight excluding hydrogens is 240 g/mol. The van der Waals surface area contributed by atoms with E-state index in [-0.39, 0.29) is 6.10 Å². The lowest BCUT2D eigenvalue weighted by atomic mass is 10.00. The summed E-state index contributed by atoms with van der Waals surface area (Å²) in [5, 5.41) is 11.0. The van der Waals surface area contributed by atoms with Gasteiger partial charge in [-0.2, -0.15) is 0 Å². The van der Waals surface area contributed by atoms with Gasteiger partial charge in [0.1, 0.15) is 17.8 Å². The van der Waals surface area contributed by atoms with Crippen molar-refractivity contribution in [3.8, 4) is 0 Å². The predicted octanol–water partition coefficient (Wildman–Crippen LogP) is 1.46. The highest BCUT2D eigenvalue weighted by atomic mass is 16.3. The summed E-state index contributed by atoms with van der Waals surface area (Å²) in [7, 11) is 2.01. The van der Waals surface area contributed by atoms with E-state index in [0.717, 1.165) is 29.7 Å². The Morgan fingerprint density at radius 2 is 1.95 bits per heavy atom. The zero-order chi connectivity index (χ0) is 13.0. The highest BCUT2D eigenvalue weighted by molar-refractivity contribution is 5.88. The van der Waals surface area contributed by atoms with Crippen LogP contribution < -0.4 is 4.90 Å². The molecule has 4 rings (SSSR count). The van der Waals surface area contributed by atoms with Gasteiger partial charge in [-0.3, -0.25) is 0 Å². The van der Waals surface area contributed by atoms with E-state index in [1.54, 1.807) is 6.33 Å². The lowest BCUT2D eigenvalue weighted by molar-refractivity contribution is 0.126. The van der Waals surface area contributed by atoms with Crippen LogP contribution in [0.3, 0.4) is 0 Å². The van der Waals surface area contributed by atoms with Crippen molar-refractivity contribution in [2.24, 2.45) is 7.05 Å². The number of rotatable bonds is 1. The molecule has 5 nitrogen and oxygen atoms in total. The Bertz CT molecular complexity index is 609. The van der Waals surface area contributed by atoms with E-state index >= 15 is 0 Å². The first-order valence-corrected chi connectivity index (χ1v) is 6.96. The van der Waals surface area contributed by atoms with Crippen molar-refractivity contribution < 1.29 is 5.11 Å². The molecule has 0 radical (unpaired) electrons. The summed E-state index contributed by atoms with van der Waals surface area (Å²) >= 11 is 0. The van der Waals surface area contributed by atoms with Crippen molar-refractivity contribution in [1.82, 2.24) is 14.5 Å². The van der Waals surface area contributed by atoms with E-state index < -0.39 is 0 Å². The Hall–Kier alpha value is -1.62. The zero-order valence-electron chi connectivity index (χ0n) is 11.0. The van der Waals surface area contributed by atoms with Crippen molar-refractivity contribution >= 4 is 16.9 Å². The van der Waals surface area contributed by atoms with Crippen LogP contribution in [0.15, 0.2) is 18.6 Å². The molecule has 19 heavy (non-hydrogen) atoms. The second-order valence-corrected chi connectivity index (χ2v) is 5.78. The minimum absolute atomic E-state index is 0.137. The second kappa shape index (κ2) is 3.93. The molecule has 2 atom stereocenters. The number of piperidine rings is 1. The topological polar surface area (TPSA) is 54.2 Å². The summed E-state index contributed by atoms with van der Waals surface area (Å²) in [6, 6.07) is 2.97. The third-order valence-corrected chi connectivity index (χ3v) is 4.59. The van der Waals surface area contributed by atoms with Gasteiger partial charge in [0.2, 0.25) is 0 Å². The second-order valence-electron chi connectivity index (χ2n) is 5.78. The standard InChI is InChI=1S/C14H18N4O/c1-17-5-4-12-13(17)15-8-16-14(12)18-9-2-3-10(18)7-11(19)6-9/h4-5,8-11,19H,2-3,6-7H2,1H3. The summed E-state index contributed by atoms with van der Waals surface area (Å²) in [5.74, 6) is 1.05. The fraction of sp³-hybridized carbons (Fsp3) is 0.571. The lowest BCUT2D eigenvalue weighted by Crippen LogP contribution is -2.45. The molecule has 0 aliphatic carbocycles. The summed E-state index contributed by atoms with van der Waals surface area (Å²) in [4.78, 5) is 11.3. The number of aliphatic hydroxyl groups excluding tert-OH is 1. The number of hydrogen-bond acceptors (Lipinski definition) is 4.